The van der Waals surface area contributed by atoms with E-state index in [0.29, 0.717) is 12.1 Å². The second kappa shape index (κ2) is 15.1. The zero-order valence-corrected chi connectivity index (χ0v) is 24.8. The summed E-state index contributed by atoms with van der Waals surface area (Å²) in [6.45, 7) is 15.5. The maximum atomic E-state index is 13.7. The molecule has 0 radical (unpaired) electrons. The number of hydrogen-bond acceptors (Lipinski definition) is 4. The summed E-state index contributed by atoms with van der Waals surface area (Å²) in [4.78, 5) is 43.8. The van der Waals surface area contributed by atoms with Crippen LogP contribution in [0.5, 0.6) is 0 Å². The van der Waals surface area contributed by atoms with Crippen molar-refractivity contribution in [1.82, 2.24) is 20.4 Å². The highest BCUT2D eigenvalue weighted by atomic mass is 16.2. The number of carbonyl (C=O) groups excluding carboxylic acids is 3. The number of rotatable bonds is 12. The number of benzene rings is 1. The Morgan fingerprint density at radius 2 is 1.68 bits per heavy atom. The SMILES string of the molecule is CC(=CC(C(C)C)N(C)C(=O)[C@@H](NC(=O)[C@H]1CCCCN1C(C)C)C(C)C)C(=O)NCCc1ccccc1. The van der Waals surface area contributed by atoms with Crippen LogP contribution >= 0.6 is 0 Å². The summed E-state index contributed by atoms with van der Waals surface area (Å²) in [6, 6.07) is 9.22. The Balaban J connectivity index is 2.09. The van der Waals surface area contributed by atoms with E-state index in [1.54, 1.807) is 18.9 Å². The van der Waals surface area contributed by atoms with Gasteiger partial charge in [0.2, 0.25) is 17.7 Å². The van der Waals surface area contributed by atoms with Crippen LogP contribution in [0.1, 0.15) is 73.3 Å². The molecule has 0 aliphatic carbocycles. The van der Waals surface area contributed by atoms with Gasteiger partial charge in [0.1, 0.15) is 6.04 Å². The van der Waals surface area contributed by atoms with Crippen LogP contribution in [0.2, 0.25) is 0 Å². The molecule has 0 saturated carbocycles. The van der Waals surface area contributed by atoms with Gasteiger partial charge in [0.15, 0.2) is 0 Å². The van der Waals surface area contributed by atoms with Crippen molar-refractivity contribution in [2.75, 3.05) is 20.1 Å². The first-order valence-corrected chi connectivity index (χ1v) is 14.3. The van der Waals surface area contributed by atoms with Gasteiger partial charge < -0.3 is 15.5 Å². The van der Waals surface area contributed by atoms with Crippen LogP contribution in [-0.2, 0) is 20.8 Å². The van der Waals surface area contributed by atoms with E-state index in [2.05, 4.69) is 29.4 Å². The van der Waals surface area contributed by atoms with Crippen LogP contribution in [0.25, 0.3) is 0 Å². The first kappa shape index (κ1) is 31.5. The van der Waals surface area contributed by atoms with E-state index in [1.165, 1.54) is 5.56 Å². The molecule has 38 heavy (non-hydrogen) atoms. The lowest BCUT2D eigenvalue weighted by Gasteiger charge is -2.39. The van der Waals surface area contributed by atoms with Gasteiger partial charge in [0.05, 0.1) is 12.1 Å². The molecule has 3 atom stereocenters. The molecule has 1 aromatic rings. The Kier molecular flexibility index (Phi) is 12.5. The molecule has 1 heterocycles. The summed E-state index contributed by atoms with van der Waals surface area (Å²) in [5, 5.41) is 6.08. The molecule has 212 valence electrons. The molecule has 0 aromatic heterocycles. The number of likely N-dealkylation sites (tertiary alicyclic amines) is 1. The predicted molar refractivity (Wildman–Crippen MR) is 155 cm³/mol. The number of likely N-dealkylation sites (N-methyl/N-ethyl adjacent to an activating group) is 1. The summed E-state index contributed by atoms with van der Waals surface area (Å²) < 4.78 is 0. The first-order valence-electron chi connectivity index (χ1n) is 14.3. The molecular formula is C31H50N4O3. The molecule has 2 rings (SSSR count). The number of hydrogen-bond donors (Lipinski definition) is 2. The van der Waals surface area contributed by atoms with Crippen molar-refractivity contribution < 1.29 is 14.4 Å². The van der Waals surface area contributed by atoms with E-state index in [4.69, 9.17) is 0 Å². The maximum absolute atomic E-state index is 13.7. The van der Waals surface area contributed by atoms with Gasteiger partial charge in [-0.15, -0.1) is 0 Å². The van der Waals surface area contributed by atoms with Crippen LogP contribution in [0, 0.1) is 11.8 Å². The lowest BCUT2D eigenvalue weighted by Crippen LogP contribution is -2.58. The highest BCUT2D eigenvalue weighted by Gasteiger charge is 2.36. The topological polar surface area (TPSA) is 81.8 Å². The molecule has 1 aromatic carbocycles. The second-order valence-corrected chi connectivity index (χ2v) is 11.6. The summed E-state index contributed by atoms with van der Waals surface area (Å²) in [5.41, 5.74) is 1.75. The van der Waals surface area contributed by atoms with Crippen molar-refractivity contribution in [3.63, 3.8) is 0 Å². The summed E-state index contributed by atoms with van der Waals surface area (Å²) in [5.74, 6) is -0.303. The minimum Gasteiger partial charge on any atom is -0.352 e. The quantitative estimate of drug-likeness (QED) is 0.401. The number of piperidine rings is 1. The van der Waals surface area contributed by atoms with Crippen molar-refractivity contribution in [1.29, 1.82) is 0 Å². The Bertz CT molecular complexity index is 942. The predicted octanol–water partition coefficient (Wildman–Crippen LogP) is 4.18. The van der Waals surface area contributed by atoms with E-state index < -0.39 is 6.04 Å². The number of nitrogens with zero attached hydrogens (tertiary/aromatic N) is 2. The smallest absolute Gasteiger partial charge is 0.246 e. The minimum atomic E-state index is -0.627. The molecule has 3 amide bonds. The van der Waals surface area contributed by atoms with Crippen LogP contribution in [0.3, 0.4) is 0 Å². The Morgan fingerprint density at radius 1 is 1.03 bits per heavy atom. The lowest BCUT2D eigenvalue weighted by molar-refractivity contribution is -0.140. The lowest BCUT2D eigenvalue weighted by atomic mass is 9.95. The van der Waals surface area contributed by atoms with Gasteiger partial charge >= 0.3 is 0 Å². The van der Waals surface area contributed by atoms with Gasteiger partial charge in [0.25, 0.3) is 0 Å². The molecule has 1 aliphatic rings. The summed E-state index contributed by atoms with van der Waals surface area (Å²) in [7, 11) is 1.77. The first-order chi connectivity index (χ1) is 17.9. The van der Waals surface area contributed by atoms with Crippen LogP contribution in [-0.4, -0.2) is 71.8 Å². The molecule has 1 unspecified atom stereocenters. The van der Waals surface area contributed by atoms with E-state index in [1.807, 2.05) is 64.1 Å². The van der Waals surface area contributed by atoms with Crippen LogP contribution in [0.15, 0.2) is 42.0 Å². The third-order valence-corrected chi connectivity index (χ3v) is 7.54. The van der Waals surface area contributed by atoms with Crippen LogP contribution in [0.4, 0.5) is 0 Å². The standard InChI is InChI=1S/C31H50N4O3/c1-21(2)27(20-24(7)29(36)32-18-17-25-14-10-9-11-15-25)34(8)31(38)28(22(3)4)33-30(37)26-16-12-13-19-35(26)23(5)6/h9-11,14-15,20-23,26-28H,12-13,16-19H2,1-8H3,(H,32,36)(H,33,37)/t26-,27?,28+/m1/s1. The van der Waals surface area contributed by atoms with Crippen molar-refractivity contribution in [2.24, 2.45) is 11.8 Å². The molecule has 0 spiro atoms. The van der Waals surface area contributed by atoms with E-state index in [0.717, 1.165) is 32.2 Å². The monoisotopic (exact) mass is 526 g/mol. The molecule has 7 nitrogen and oxygen atoms in total. The van der Waals surface area contributed by atoms with Gasteiger partial charge in [-0.25, -0.2) is 0 Å². The molecular weight excluding hydrogens is 476 g/mol. The fraction of sp³-hybridized carbons (Fsp3) is 0.645. The number of carbonyl (C=O) groups is 3. The van der Waals surface area contributed by atoms with E-state index in [9.17, 15) is 14.4 Å². The third kappa shape index (κ3) is 8.97. The average Bonchev–Trinajstić information content (AvgIpc) is 2.89. The van der Waals surface area contributed by atoms with E-state index >= 15 is 0 Å². The van der Waals surface area contributed by atoms with Crippen molar-refractivity contribution in [3.8, 4) is 0 Å². The average molecular weight is 527 g/mol. The van der Waals surface area contributed by atoms with Gasteiger partial charge in [-0.1, -0.05) is 70.5 Å². The molecule has 1 fully saturated rings. The van der Waals surface area contributed by atoms with Crippen LogP contribution < -0.4 is 10.6 Å². The number of nitrogens with one attached hydrogen (secondary N) is 2. The fourth-order valence-corrected chi connectivity index (χ4v) is 5.17. The van der Waals surface area contributed by atoms with Crippen molar-refractivity contribution >= 4 is 17.7 Å². The molecule has 7 heteroatoms. The van der Waals surface area contributed by atoms with Crippen molar-refractivity contribution in [2.45, 2.75) is 98.3 Å². The van der Waals surface area contributed by atoms with Gasteiger partial charge in [-0.3, -0.25) is 19.3 Å². The molecule has 1 aliphatic heterocycles. The van der Waals surface area contributed by atoms with Crippen molar-refractivity contribution in [3.05, 3.63) is 47.5 Å². The largest absolute Gasteiger partial charge is 0.352 e. The highest BCUT2D eigenvalue weighted by molar-refractivity contribution is 5.93. The Labute approximate surface area is 230 Å². The maximum Gasteiger partial charge on any atom is 0.246 e. The third-order valence-electron chi connectivity index (χ3n) is 7.54. The molecule has 2 N–H and O–H groups in total. The Hall–Kier alpha value is -2.67. The molecule has 0 bridgehead atoms. The zero-order valence-electron chi connectivity index (χ0n) is 24.8. The van der Waals surface area contributed by atoms with Gasteiger partial charge in [-0.2, -0.15) is 0 Å². The normalized spacial score (nSPS) is 18.4. The van der Waals surface area contributed by atoms with Gasteiger partial charge in [0, 0.05) is 25.2 Å². The summed E-state index contributed by atoms with van der Waals surface area (Å²) in [6.07, 6.45) is 5.57. The highest BCUT2D eigenvalue weighted by Crippen LogP contribution is 2.21. The van der Waals surface area contributed by atoms with E-state index in [-0.39, 0.29) is 47.7 Å². The fourth-order valence-electron chi connectivity index (χ4n) is 5.17. The second-order valence-electron chi connectivity index (χ2n) is 11.6. The zero-order chi connectivity index (χ0) is 28.4. The number of amides is 3. The minimum absolute atomic E-state index is 0.0653. The Morgan fingerprint density at radius 3 is 2.26 bits per heavy atom. The summed E-state index contributed by atoms with van der Waals surface area (Å²) >= 11 is 0. The molecule has 1 saturated heterocycles. The van der Waals surface area contributed by atoms with Gasteiger partial charge in [-0.05, 0) is 64.0 Å².